The summed E-state index contributed by atoms with van der Waals surface area (Å²) in [6, 6.07) is 10.0. The predicted molar refractivity (Wildman–Crippen MR) is 119 cm³/mol. The van der Waals surface area contributed by atoms with Gasteiger partial charge < -0.3 is 15.6 Å². The van der Waals surface area contributed by atoms with Gasteiger partial charge in [-0.05, 0) is 25.0 Å². The zero-order valence-corrected chi connectivity index (χ0v) is 18.1. The Hall–Kier alpha value is -3.11. The van der Waals surface area contributed by atoms with Gasteiger partial charge in [-0.3, -0.25) is 4.79 Å². The Balaban J connectivity index is 1.36. The van der Waals surface area contributed by atoms with Gasteiger partial charge in [0.25, 0.3) is 0 Å². The number of rotatable bonds is 7. The van der Waals surface area contributed by atoms with Crippen LogP contribution >= 0.6 is 23.1 Å². The van der Waals surface area contributed by atoms with Gasteiger partial charge in [0.1, 0.15) is 5.76 Å². The largest absolute Gasteiger partial charge is 0.469 e. The summed E-state index contributed by atoms with van der Waals surface area (Å²) in [4.78, 5) is 16.8. The van der Waals surface area contributed by atoms with Gasteiger partial charge in [0.15, 0.2) is 11.0 Å². The molecular weight excluding hydrogens is 420 g/mol. The maximum absolute atomic E-state index is 12.3. The lowest BCUT2D eigenvalue weighted by atomic mass is 10.1. The van der Waals surface area contributed by atoms with Gasteiger partial charge in [-0.1, -0.05) is 43.0 Å². The number of aromatic nitrogens is 4. The van der Waals surface area contributed by atoms with Crippen LogP contribution in [0.2, 0.25) is 0 Å². The summed E-state index contributed by atoms with van der Waals surface area (Å²) in [7, 11) is 0. The SMILES string of the molecule is CCc1ccc(-c2csc(NC(=O)CSc3nnc(-c4ccoc4C)n3N)n2)cc1. The van der Waals surface area contributed by atoms with Gasteiger partial charge in [0, 0.05) is 10.9 Å². The topological polar surface area (TPSA) is 112 Å². The fraction of sp³-hybridized carbons (Fsp3) is 0.200. The standard InChI is InChI=1S/C20H20N6O2S2/c1-3-13-4-6-14(7-5-13)16-10-29-19(22-16)23-17(27)11-30-20-25-24-18(26(20)21)15-8-9-28-12(15)2/h4-10H,3,11,21H2,1-2H3,(H,22,23,27). The lowest BCUT2D eigenvalue weighted by Crippen LogP contribution is -2.16. The van der Waals surface area contributed by atoms with Crippen molar-refractivity contribution in [1.82, 2.24) is 19.9 Å². The minimum absolute atomic E-state index is 0.139. The Morgan fingerprint density at radius 1 is 1.27 bits per heavy atom. The van der Waals surface area contributed by atoms with Gasteiger partial charge in [-0.15, -0.1) is 21.5 Å². The molecule has 0 fully saturated rings. The monoisotopic (exact) mass is 440 g/mol. The van der Waals surface area contributed by atoms with E-state index in [9.17, 15) is 4.79 Å². The number of nitrogens with one attached hydrogen (secondary N) is 1. The van der Waals surface area contributed by atoms with Crippen LogP contribution in [0.3, 0.4) is 0 Å². The molecule has 3 aromatic heterocycles. The zero-order chi connectivity index (χ0) is 21.1. The maximum Gasteiger partial charge on any atom is 0.236 e. The molecular formula is C20H20N6O2S2. The van der Waals surface area contributed by atoms with E-state index < -0.39 is 0 Å². The number of anilines is 1. The number of carbonyl (C=O) groups is 1. The summed E-state index contributed by atoms with van der Waals surface area (Å²) in [6.45, 7) is 3.95. The number of furan rings is 1. The van der Waals surface area contributed by atoms with Crippen molar-refractivity contribution in [3.8, 4) is 22.6 Å². The third kappa shape index (κ3) is 4.24. The molecule has 3 heterocycles. The number of nitrogens with zero attached hydrogens (tertiary/aromatic N) is 4. The Morgan fingerprint density at radius 2 is 2.07 bits per heavy atom. The first-order valence-corrected chi connectivity index (χ1v) is 11.1. The number of hydrogen-bond acceptors (Lipinski definition) is 8. The first kappa shape index (κ1) is 20.2. The summed E-state index contributed by atoms with van der Waals surface area (Å²) in [5.41, 5.74) is 3.91. The highest BCUT2D eigenvalue weighted by atomic mass is 32.2. The fourth-order valence-corrected chi connectivity index (χ4v) is 4.23. The van der Waals surface area contributed by atoms with Crippen LogP contribution in [0.25, 0.3) is 22.6 Å². The molecule has 0 saturated carbocycles. The van der Waals surface area contributed by atoms with Crippen molar-refractivity contribution in [3.63, 3.8) is 0 Å². The van der Waals surface area contributed by atoms with Crippen LogP contribution in [0.5, 0.6) is 0 Å². The van der Waals surface area contributed by atoms with E-state index in [1.165, 1.54) is 33.3 Å². The Bertz CT molecular complexity index is 1160. The molecule has 4 rings (SSSR count). The van der Waals surface area contributed by atoms with E-state index >= 15 is 0 Å². The molecule has 0 radical (unpaired) electrons. The molecule has 0 spiro atoms. The van der Waals surface area contributed by atoms with Crippen LogP contribution in [0, 0.1) is 6.92 Å². The van der Waals surface area contributed by atoms with Crippen LogP contribution in [-0.4, -0.2) is 31.5 Å². The Morgan fingerprint density at radius 3 is 2.77 bits per heavy atom. The summed E-state index contributed by atoms with van der Waals surface area (Å²) >= 11 is 2.60. The summed E-state index contributed by atoms with van der Waals surface area (Å²) in [5, 5.41) is 13.9. The van der Waals surface area contributed by atoms with E-state index in [1.807, 2.05) is 24.4 Å². The van der Waals surface area contributed by atoms with Crippen molar-refractivity contribution in [2.24, 2.45) is 0 Å². The first-order valence-electron chi connectivity index (χ1n) is 9.27. The molecule has 0 atom stereocenters. The normalized spacial score (nSPS) is 11.0. The van der Waals surface area contributed by atoms with Crippen molar-refractivity contribution in [2.75, 3.05) is 16.9 Å². The molecule has 10 heteroatoms. The molecule has 0 aliphatic rings. The summed E-state index contributed by atoms with van der Waals surface area (Å²) in [6.07, 6.45) is 2.57. The van der Waals surface area contributed by atoms with Gasteiger partial charge in [0.05, 0.1) is 23.3 Å². The smallest absolute Gasteiger partial charge is 0.236 e. The highest BCUT2D eigenvalue weighted by molar-refractivity contribution is 7.99. The molecule has 0 bridgehead atoms. The average Bonchev–Trinajstić information content (AvgIpc) is 3.47. The molecule has 30 heavy (non-hydrogen) atoms. The number of thiazole rings is 1. The fourth-order valence-electron chi connectivity index (χ4n) is 2.84. The quantitative estimate of drug-likeness (QED) is 0.330. The zero-order valence-electron chi connectivity index (χ0n) is 16.5. The molecule has 154 valence electrons. The van der Waals surface area contributed by atoms with E-state index in [2.05, 4.69) is 39.6 Å². The number of carbonyl (C=O) groups excluding carboxylic acids is 1. The molecule has 0 aliphatic carbocycles. The van der Waals surface area contributed by atoms with Crippen LogP contribution in [0.1, 0.15) is 18.2 Å². The summed E-state index contributed by atoms with van der Waals surface area (Å²) < 4.78 is 6.64. The van der Waals surface area contributed by atoms with E-state index in [4.69, 9.17) is 10.3 Å². The van der Waals surface area contributed by atoms with Crippen molar-refractivity contribution in [1.29, 1.82) is 0 Å². The van der Waals surface area contributed by atoms with E-state index in [0.29, 0.717) is 21.9 Å². The predicted octanol–water partition coefficient (Wildman–Crippen LogP) is 3.98. The number of thioether (sulfide) groups is 1. The van der Waals surface area contributed by atoms with Gasteiger partial charge in [-0.2, -0.15) is 0 Å². The van der Waals surface area contributed by atoms with Crippen molar-refractivity contribution in [3.05, 3.63) is 53.3 Å². The minimum atomic E-state index is -0.189. The van der Waals surface area contributed by atoms with Crippen molar-refractivity contribution in [2.45, 2.75) is 25.4 Å². The first-order chi connectivity index (χ1) is 14.5. The third-order valence-electron chi connectivity index (χ3n) is 4.51. The van der Waals surface area contributed by atoms with Crippen molar-refractivity contribution < 1.29 is 9.21 Å². The van der Waals surface area contributed by atoms with Gasteiger partial charge >= 0.3 is 0 Å². The van der Waals surface area contributed by atoms with E-state index in [0.717, 1.165) is 23.2 Å². The molecule has 3 N–H and O–H groups in total. The minimum Gasteiger partial charge on any atom is -0.469 e. The lowest BCUT2D eigenvalue weighted by Gasteiger charge is -2.03. The van der Waals surface area contributed by atoms with E-state index in [1.54, 1.807) is 12.3 Å². The maximum atomic E-state index is 12.3. The number of amides is 1. The van der Waals surface area contributed by atoms with Crippen LogP contribution in [-0.2, 0) is 11.2 Å². The average molecular weight is 441 g/mol. The van der Waals surface area contributed by atoms with E-state index in [-0.39, 0.29) is 11.7 Å². The molecule has 1 amide bonds. The molecule has 4 aromatic rings. The molecule has 0 saturated heterocycles. The second kappa shape index (κ2) is 8.72. The Kier molecular flexibility index (Phi) is 5.86. The van der Waals surface area contributed by atoms with Crippen LogP contribution in [0.15, 0.2) is 51.5 Å². The molecule has 0 aliphatic heterocycles. The van der Waals surface area contributed by atoms with Crippen LogP contribution in [0.4, 0.5) is 5.13 Å². The molecule has 1 aromatic carbocycles. The number of aryl methyl sites for hydroxylation is 2. The highest BCUT2D eigenvalue weighted by Crippen LogP contribution is 2.27. The van der Waals surface area contributed by atoms with Crippen LogP contribution < -0.4 is 11.2 Å². The number of nitrogens with two attached hydrogens (primary N) is 1. The second-order valence-electron chi connectivity index (χ2n) is 6.49. The molecule has 8 nitrogen and oxygen atoms in total. The lowest BCUT2D eigenvalue weighted by molar-refractivity contribution is -0.113. The third-order valence-corrected chi connectivity index (χ3v) is 6.21. The van der Waals surface area contributed by atoms with Gasteiger partial charge in [-0.25, -0.2) is 9.66 Å². The highest BCUT2D eigenvalue weighted by Gasteiger charge is 2.17. The number of benzene rings is 1. The Labute approximate surface area is 181 Å². The van der Waals surface area contributed by atoms with Crippen molar-refractivity contribution >= 4 is 34.1 Å². The summed E-state index contributed by atoms with van der Waals surface area (Å²) in [5.74, 6) is 7.22. The second-order valence-corrected chi connectivity index (χ2v) is 8.29. The number of nitrogen functional groups attached to an aromatic ring is 1. The number of hydrogen-bond donors (Lipinski definition) is 2. The van der Waals surface area contributed by atoms with Gasteiger partial charge in [0.2, 0.25) is 11.1 Å². The molecule has 0 unspecified atom stereocenters.